The lowest BCUT2D eigenvalue weighted by Crippen LogP contribution is -2.57. The molecule has 0 spiro atoms. The van der Waals surface area contributed by atoms with Crippen LogP contribution in [0.1, 0.15) is 61.3 Å². The SMILES string of the molecule is C[C@@H]1CN(C(=O)C2CCN(C(C)(C)C)CC2)CCN1CC(C)(C)C. The molecule has 2 rings (SSSR count). The van der Waals surface area contributed by atoms with Gasteiger partial charge in [0.1, 0.15) is 0 Å². The summed E-state index contributed by atoms with van der Waals surface area (Å²) in [5, 5.41) is 0. The maximum absolute atomic E-state index is 12.9. The van der Waals surface area contributed by atoms with E-state index in [4.69, 9.17) is 0 Å². The van der Waals surface area contributed by atoms with Crippen molar-refractivity contribution in [2.75, 3.05) is 39.3 Å². The molecule has 1 amide bonds. The Morgan fingerprint density at radius 2 is 1.54 bits per heavy atom. The minimum atomic E-state index is 0.223. The van der Waals surface area contributed by atoms with Crippen molar-refractivity contribution < 1.29 is 4.79 Å². The van der Waals surface area contributed by atoms with E-state index < -0.39 is 0 Å². The number of piperidine rings is 1. The van der Waals surface area contributed by atoms with E-state index in [2.05, 4.69) is 63.2 Å². The average molecular weight is 338 g/mol. The van der Waals surface area contributed by atoms with E-state index in [1.807, 2.05) is 0 Å². The number of rotatable bonds is 2. The maximum Gasteiger partial charge on any atom is 0.225 e. The first kappa shape index (κ1) is 19.7. The van der Waals surface area contributed by atoms with Gasteiger partial charge in [-0.05, 0) is 59.0 Å². The smallest absolute Gasteiger partial charge is 0.225 e. The van der Waals surface area contributed by atoms with Gasteiger partial charge < -0.3 is 4.90 Å². The summed E-state index contributed by atoms with van der Waals surface area (Å²) in [6.45, 7) is 22.0. The monoisotopic (exact) mass is 337 g/mol. The highest BCUT2D eigenvalue weighted by molar-refractivity contribution is 5.79. The highest BCUT2D eigenvalue weighted by Crippen LogP contribution is 2.26. The molecule has 0 radical (unpaired) electrons. The van der Waals surface area contributed by atoms with Gasteiger partial charge in [-0.15, -0.1) is 0 Å². The fourth-order valence-corrected chi connectivity index (χ4v) is 4.10. The first-order valence-electron chi connectivity index (χ1n) is 9.75. The van der Waals surface area contributed by atoms with Crippen LogP contribution in [0.5, 0.6) is 0 Å². The first-order valence-corrected chi connectivity index (χ1v) is 9.75. The van der Waals surface area contributed by atoms with Crippen molar-refractivity contribution in [1.29, 1.82) is 0 Å². The van der Waals surface area contributed by atoms with Crippen molar-refractivity contribution in [2.24, 2.45) is 11.3 Å². The molecule has 2 fully saturated rings. The van der Waals surface area contributed by atoms with Crippen molar-refractivity contribution in [3.63, 3.8) is 0 Å². The zero-order valence-electron chi connectivity index (χ0n) is 17.1. The fourth-order valence-electron chi connectivity index (χ4n) is 4.10. The Hall–Kier alpha value is -0.610. The Kier molecular flexibility index (Phi) is 6.02. The number of likely N-dealkylation sites (tertiary alicyclic amines) is 1. The Bertz CT molecular complexity index is 427. The minimum Gasteiger partial charge on any atom is -0.340 e. The number of hydrogen-bond acceptors (Lipinski definition) is 3. The van der Waals surface area contributed by atoms with Crippen LogP contribution in [0.2, 0.25) is 0 Å². The molecule has 0 bridgehead atoms. The number of carbonyl (C=O) groups is 1. The molecule has 2 saturated heterocycles. The molecule has 0 saturated carbocycles. The number of amides is 1. The van der Waals surface area contributed by atoms with Crippen molar-refractivity contribution in [3.8, 4) is 0 Å². The molecule has 0 N–H and O–H groups in total. The van der Waals surface area contributed by atoms with E-state index in [9.17, 15) is 4.79 Å². The molecule has 0 aromatic rings. The standard InChI is InChI=1S/C20H39N3O/c1-16-14-21(12-13-22(16)15-19(2,3)4)18(24)17-8-10-23(11-9-17)20(5,6)7/h16-17H,8-15H2,1-7H3/t16-/m1/s1. The number of carbonyl (C=O) groups excluding carboxylic acids is 1. The van der Waals surface area contributed by atoms with Gasteiger partial charge in [-0.3, -0.25) is 14.6 Å². The zero-order chi connectivity index (χ0) is 18.1. The van der Waals surface area contributed by atoms with Crippen molar-refractivity contribution in [2.45, 2.75) is 72.9 Å². The van der Waals surface area contributed by atoms with Crippen LogP contribution in [0.25, 0.3) is 0 Å². The molecule has 4 heteroatoms. The number of nitrogens with zero attached hydrogens (tertiary/aromatic N) is 3. The molecule has 24 heavy (non-hydrogen) atoms. The second kappa shape index (κ2) is 7.33. The summed E-state index contributed by atoms with van der Waals surface area (Å²) in [5.74, 6) is 0.649. The summed E-state index contributed by atoms with van der Waals surface area (Å²) in [4.78, 5) is 20.1. The van der Waals surface area contributed by atoms with Gasteiger partial charge in [0.25, 0.3) is 0 Å². The van der Waals surface area contributed by atoms with Crippen LogP contribution in [0, 0.1) is 11.3 Å². The lowest BCUT2D eigenvalue weighted by atomic mass is 9.91. The van der Waals surface area contributed by atoms with Crippen LogP contribution >= 0.6 is 0 Å². The van der Waals surface area contributed by atoms with Crippen LogP contribution in [0.3, 0.4) is 0 Å². The third-order valence-electron chi connectivity index (χ3n) is 5.55. The Balaban J connectivity index is 1.85. The molecule has 0 unspecified atom stereocenters. The normalized spacial score (nSPS) is 26.0. The molecular formula is C20H39N3O. The number of hydrogen-bond donors (Lipinski definition) is 0. The molecule has 0 aromatic carbocycles. The van der Waals surface area contributed by atoms with E-state index in [1.54, 1.807) is 0 Å². The topological polar surface area (TPSA) is 26.8 Å². The summed E-state index contributed by atoms with van der Waals surface area (Å²) in [6, 6.07) is 0.469. The zero-order valence-corrected chi connectivity index (χ0v) is 17.1. The van der Waals surface area contributed by atoms with Crippen LogP contribution < -0.4 is 0 Å². The Morgan fingerprint density at radius 1 is 0.958 bits per heavy atom. The molecule has 0 aliphatic carbocycles. The molecule has 1 atom stereocenters. The quantitative estimate of drug-likeness (QED) is 0.775. The van der Waals surface area contributed by atoms with Gasteiger partial charge in [0.2, 0.25) is 5.91 Å². The summed E-state index contributed by atoms with van der Waals surface area (Å²) in [5.41, 5.74) is 0.543. The molecular weight excluding hydrogens is 298 g/mol. The molecule has 2 aliphatic rings. The lowest BCUT2D eigenvalue weighted by Gasteiger charge is -2.45. The van der Waals surface area contributed by atoms with Crippen LogP contribution in [0.15, 0.2) is 0 Å². The summed E-state index contributed by atoms with van der Waals surface area (Å²) >= 11 is 0. The van der Waals surface area contributed by atoms with Crippen LogP contribution in [-0.2, 0) is 4.79 Å². The van der Waals surface area contributed by atoms with Crippen molar-refractivity contribution in [1.82, 2.24) is 14.7 Å². The van der Waals surface area contributed by atoms with Crippen molar-refractivity contribution >= 4 is 5.91 Å². The lowest BCUT2D eigenvalue weighted by molar-refractivity contribution is -0.140. The summed E-state index contributed by atoms with van der Waals surface area (Å²) < 4.78 is 0. The van der Waals surface area contributed by atoms with Crippen molar-refractivity contribution in [3.05, 3.63) is 0 Å². The first-order chi connectivity index (χ1) is 11.0. The fraction of sp³-hybridized carbons (Fsp3) is 0.950. The van der Waals surface area contributed by atoms with Gasteiger partial charge in [-0.25, -0.2) is 0 Å². The van der Waals surface area contributed by atoms with Gasteiger partial charge in [-0.2, -0.15) is 0 Å². The second-order valence-corrected chi connectivity index (χ2v) is 10.1. The Morgan fingerprint density at radius 3 is 2.00 bits per heavy atom. The maximum atomic E-state index is 12.9. The van der Waals surface area contributed by atoms with E-state index in [1.165, 1.54) is 0 Å². The average Bonchev–Trinajstić information content (AvgIpc) is 2.46. The molecule has 2 aliphatic heterocycles. The van der Waals surface area contributed by atoms with Crippen LogP contribution in [-0.4, -0.2) is 71.5 Å². The highest BCUT2D eigenvalue weighted by Gasteiger charge is 2.35. The molecule has 4 nitrogen and oxygen atoms in total. The molecule has 2 heterocycles. The molecule has 140 valence electrons. The second-order valence-electron chi connectivity index (χ2n) is 10.1. The highest BCUT2D eigenvalue weighted by atomic mass is 16.2. The van der Waals surface area contributed by atoms with Crippen LogP contribution in [0.4, 0.5) is 0 Å². The van der Waals surface area contributed by atoms with Gasteiger partial charge in [0.15, 0.2) is 0 Å². The predicted octanol–water partition coefficient (Wildman–Crippen LogP) is 3.08. The van der Waals surface area contributed by atoms with E-state index in [0.717, 1.165) is 52.1 Å². The van der Waals surface area contributed by atoms with Gasteiger partial charge >= 0.3 is 0 Å². The van der Waals surface area contributed by atoms with E-state index in [0.29, 0.717) is 17.4 Å². The summed E-state index contributed by atoms with van der Waals surface area (Å²) in [7, 11) is 0. The minimum absolute atomic E-state index is 0.223. The van der Waals surface area contributed by atoms with E-state index in [-0.39, 0.29) is 11.5 Å². The number of piperazine rings is 1. The third kappa shape index (κ3) is 5.19. The van der Waals surface area contributed by atoms with Gasteiger partial charge in [-0.1, -0.05) is 20.8 Å². The van der Waals surface area contributed by atoms with E-state index >= 15 is 0 Å². The summed E-state index contributed by atoms with van der Waals surface area (Å²) in [6.07, 6.45) is 2.04. The van der Waals surface area contributed by atoms with Gasteiger partial charge in [0.05, 0.1) is 0 Å². The molecule has 0 aromatic heterocycles. The third-order valence-corrected chi connectivity index (χ3v) is 5.55. The van der Waals surface area contributed by atoms with Gasteiger partial charge in [0, 0.05) is 43.7 Å². The predicted molar refractivity (Wildman–Crippen MR) is 101 cm³/mol. The largest absolute Gasteiger partial charge is 0.340 e. The Labute approximate surface area is 149 Å².